The van der Waals surface area contributed by atoms with Crippen molar-refractivity contribution in [1.29, 1.82) is 0 Å². The summed E-state index contributed by atoms with van der Waals surface area (Å²) < 4.78 is 0. The predicted octanol–water partition coefficient (Wildman–Crippen LogP) is 3.33. The normalized spacial score (nSPS) is 11.6. The number of rotatable bonds is 1. The second kappa shape index (κ2) is 4.41. The molecule has 1 aromatic heterocycles. The Kier molecular flexibility index (Phi) is 3.07. The van der Waals surface area contributed by atoms with Crippen LogP contribution in [0.25, 0.3) is 11.3 Å². The van der Waals surface area contributed by atoms with E-state index in [0.717, 1.165) is 17.0 Å². The number of aromatic nitrogens is 2. The van der Waals surface area contributed by atoms with Crippen LogP contribution in [-0.2, 0) is 5.41 Å². The van der Waals surface area contributed by atoms with Crippen LogP contribution in [-0.4, -0.2) is 9.97 Å². The first kappa shape index (κ1) is 12.6. The lowest BCUT2D eigenvalue weighted by atomic mass is 9.86. The number of hydrogen-bond acceptors (Lipinski definition) is 3. The molecule has 3 nitrogen and oxygen atoms in total. The fourth-order valence-corrected chi connectivity index (χ4v) is 1.84. The summed E-state index contributed by atoms with van der Waals surface area (Å²) in [6.07, 6.45) is 1.55. The van der Waals surface area contributed by atoms with Gasteiger partial charge in [0.2, 0.25) is 0 Å². The van der Waals surface area contributed by atoms with Gasteiger partial charge in [0.15, 0.2) is 0 Å². The number of anilines is 1. The molecule has 0 aliphatic carbocycles. The zero-order chi connectivity index (χ0) is 13.3. The van der Waals surface area contributed by atoms with Crippen molar-refractivity contribution in [2.24, 2.45) is 0 Å². The van der Waals surface area contributed by atoms with Crippen molar-refractivity contribution in [2.75, 3.05) is 5.73 Å². The molecule has 0 fully saturated rings. The molecule has 2 rings (SSSR count). The Hall–Kier alpha value is -1.90. The van der Waals surface area contributed by atoms with Gasteiger partial charge in [-0.2, -0.15) is 0 Å². The van der Waals surface area contributed by atoms with Crippen LogP contribution in [0.2, 0.25) is 0 Å². The van der Waals surface area contributed by atoms with Crippen LogP contribution in [0.5, 0.6) is 0 Å². The van der Waals surface area contributed by atoms with E-state index >= 15 is 0 Å². The lowest BCUT2D eigenvalue weighted by molar-refractivity contribution is 0.590. The van der Waals surface area contributed by atoms with Crippen LogP contribution in [0.1, 0.15) is 32.0 Å². The Morgan fingerprint density at radius 3 is 2.17 bits per heavy atom. The van der Waals surface area contributed by atoms with E-state index in [-0.39, 0.29) is 5.41 Å². The van der Waals surface area contributed by atoms with Gasteiger partial charge in [0.1, 0.15) is 6.33 Å². The van der Waals surface area contributed by atoms with Gasteiger partial charge in [0.05, 0.1) is 17.1 Å². The van der Waals surface area contributed by atoms with Crippen molar-refractivity contribution >= 4 is 5.69 Å². The van der Waals surface area contributed by atoms with Crippen LogP contribution < -0.4 is 5.73 Å². The predicted molar refractivity (Wildman–Crippen MR) is 75.3 cm³/mol. The molecule has 1 heterocycles. The van der Waals surface area contributed by atoms with Crippen LogP contribution in [0.15, 0.2) is 30.6 Å². The monoisotopic (exact) mass is 241 g/mol. The highest BCUT2D eigenvalue weighted by Crippen LogP contribution is 2.28. The molecule has 2 aromatic rings. The van der Waals surface area contributed by atoms with Gasteiger partial charge in [-0.1, -0.05) is 45.0 Å². The van der Waals surface area contributed by atoms with Crippen molar-refractivity contribution in [3.63, 3.8) is 0 Å². The van der Waals surface area contributed by atoms with Gasteiger partial charge < -0.3 is 5.73 Å². The molecule has 0 spiro atoms. The summed E-state index contributed by atoms with van der Waals surface area (Å²) in [5, 5.41) is 0. The maximum absolute atomic E-state index is 6.01. The van der Waals surface area contributed by atoms with Gasteiger partial charge in [-0.15, -0.1) is 0 Å². The van der Waals surface area contributed by atoms with Crippen LogP contribution in [0.4, 0.5) is 5.69 Å². The van der Waals surface area contributed by atoms with Gasteiger partial charge in [0, 0.05) is 5.56 Å². The smallest absolute Gasteiger partial charge is 0.116 e. The Morgan fingerprint density at radius 1 is 1.00 bits per heavy atom. The van der Waals surface area contributed by atoms with Gasteiger partial charge in [-0.05, 0) is 17.9 Å². The molecule has 0 aliphatic heterocycles. The van der Waals surface area contributed by atoms with Gasteiger partial charge >= 0.3 is 0 Å². The molecular weight excluding hydrogens is 222 g/mol. The Labute approximate surface area is 108 Å². The van der Waals surface area contributed by atoms with Crippen molar-refractivity contribution < 1.29 is 0 Å². The van der Waals surface area contributed by atoms with E-state index in [1.165, 1.54) is 5.56 Å². The Morgan fingerprint density at radius 2 is 1.61 bits per heavy atom. The van der Waals surface area contributed by atoms with Gasteiger partial charge in [-0.25, -0.2) is 9.97 Å². The SMILES string of the molecule is Cc1ncnc(-c2ccc(C(C)(C)C)cc2)c1N. The molecule has 0 aliphatic rings. The summed E-state index contributed by atoms with van der Waals surface area (Å²) in [6, 6.07) is 8.40. The van der Waals surface area contributed by atoms with E-state index in [0.29, 0.717) is 5.69 Å². The fourth-order valence-electron chi connectivity index (χ4n) is 1.84. The zero-order valence-corrected chi connectivity index (χ0v) is 11.4. The first-order valence-electron chi connectivity index (χ1n) is 6.07. The highest BCUT2D eigenvalue weighted by atomic mass is 14.9. The van der Waals surface area contributed by atoms with Crippen LogP contribution in [0, 0.1) is 6.92 Å². The second-order valence-corrected chi connectivity index (χ2v) is 5.55. The molecule has 0 amide bonds. The lowest BCUT2D eigenvalue weighted by Crippen LogP contribution is -2.10. The second-order valence-electron chi connectivity index (χ2n) is 5.55. The van der Waals surface area contributed by atoms with Crippen molar-refractivity contribution in [2.45, 2.75) is 33.1 Å². The quantitative estimate of drug-likeness (QED) is 0.833. The molecular formula is C15H19N3. The number of aryl methyl sites for hydroxylation is 1. The maximum Gasteiger partial charge on any atom is 0.116 e. The van der Waals surface area contributed by atoms with E-state index < -0.39 is 0 Å². The average Bonchev–Trinajstić information content (AvgIpc) is 2.32. The molecule has 0 saturated carbocycles. The topological polar surface area (TPSA) is 51.8 Å². The molecule has 2 N–H and O–H groups in total. The summed E-state index contributed by atoms with van der Waals surface area (Å²) in [5.41, 5.74) is 10.8. The number of nitrogen functional groups attached to an aromatic ring is 1. The molecule has 1 aromatic carbocycles. The van der Waals surface area contributed by atoms with E-state index in [9.17, 15) is 0 Å². The molecule has 0 saturated heterocycles. The Bertz CT molecular complexity index is 551. The van der Waals surface area contributed by atoms with Gasteiger partial charge in [-0.3, -0.25) is 0 Å². The van der Waals surface area contributed by atoms with Gasteiger partial charge in [0.25, 0.3) is 0 Å². The lowest BCUT2D eigenvalue weighted by Gasteiger charge is -2.19. The molecule has 0 atom stereocenters. The third kappa shape index (κ3) is 2.35. The molecule has 0 bridgehead atoms. The zero-order valence-electron chi connectivity index (χ0n) is 11.4. The number of benzene rings is 1. The standard InChI is InChI=1S/C15H19N3/c1-10-13(16)14(18-9-17-10)11-5-7-12(8-6-11)15(2,3)4/h5-9H,16H2,1-4H3. The van der Waals surface area contributed by atoms with E-state index in [1.807, 2.05) is 6.92 Å². The fraction of sp³-hybridized carbons (Fsp3) is 0.333. The minimum absolute atomic E-state index is 0.158. The van der Waals surface area contributed by atoms with E-state index in [4.69, 9.17) is 5.73 Å². The number of hydrogen-bond donors (Lipinski definition) is 1. The summed E-state index contributed by atoms with van der Waals surface area (Å²) in [4.78, 5) is 8.35. The van der Waals surface area contributed by atoms with E-state index in [1.54, 1.807) is 6.33 Å². The van der Waals surface area contributed by atoms with Crippen LogP contribution >= 0.6 is 0 Å². The average molecular weight is 241 g/mol. The first-order valence-corrected chi connectivity index (χ1v) is 6.07. The minimum atomic E-state index is 0.158. The van der Waals surface area contributed by atoms with E-state index in [2.05, 4.69) is 55.0 Å². The summed E-state index contributed by atoms with van der Waals surface area (Å²) in [5.74, 6) is 0. The molecule has 94 valence electrons. The highest BCUT2D eigenvalue weighted by molar-refractivity contribution is 5.73. The molecule has 3 heteroatoms. The summed E-state index contributed by atoms with van der Waals surface area (Å²) in [7, 11) is 0. The molecule has 18 heavy (non-hydrogen) atoms. The van der Waals surface area contributed by atoms with Crippen molar-refractivity contribution in [1.82, 2.24) is 9.97 Å². The first-order chi connectivity index (χ1) is 8.39. The maximum atomic E-state index is 6.01. The minimum Gasteiger partial charge on any atom is -0.395 e. The Balaban J connectivity index is 2.44. The highest BCUT2D eigenvalue weighted by Gasteiger charge is 2.14. The third-order valence-electron chi connectivity index (χ3n) is 3.11. The number of nitrogens with zero attached hydrogens (tertiary/aromatic N) is 2. The third-order valence-corrected chi connectivity index (χ3v) is 3.11. The summed E-state index contributed by atoms with van der Waals surface area (Å²) in [6.45, 7) is 8.49. The molecule has 0 radical (unpaired) electrons. The number of nitrogens with two attached hydrogens (primary N) is 1. The largest absolute Gasteiger partial charge is 0.395 e. The van der Waals surface area contributed by atoms with Crippen molar-refractivity contribution in [3.8, 4) is 11.3 Å². The molecule has 0 unspecified atom stereocenters. The van der Waals surface area contributed by atoms with Crippen LogP contribution in [0.3, 0.4) is 0 Å². The van der Waals surface area contributed by atoms with Crippen molar-refractivity contribution in [3.05, 3.63) is 41.9 Å². The summed E-state index contributed by atoms with van der Waals surface area (Å²) >= 11 is 0.